The highest BCUT2D eigenvalue weighted by atomic mass is 16.5. The van der Waals surface area contributed by atoms with Crippen LogP contribution in [0.15, 0.2) is 18.2 Å². The van der Waals surface area contributed by atoms with Gasteiger partial charge < -0.3 is 19.7 Å². The molecule has 6 heteroatoms. The first-order valence-corrected chi connectivity index (χ1v) is 18.3. The van der Waals surface area contributed by atoms with Crippen molar-refractivity contribution in [3.8, 4) is 11.5 Å². The largest absolute Gasteiger partial charge is 0.493 e. The van der Waals surface area contributed by atoms with Crippen molar-refractivity contribution >= 4 is 5.78 Å². The van der Waals surface area contributed by atoms with Gasteiger partial charge in [-0.15, -0.1) is 0 Å². The molecule has 0 spiro atoms. The number of ketones is 1. The summed E-state index contributed by atoms with van der Waals surface area (Å²) in [5, 5.41) is 22.0. The maximum absolute atomic E-state index is 13.0. The standard InChI is InChI=1S/C38H63NO5/c1-29(40)38(2)28-39(27-33(38)31-24-25-35(43-3)36(26-31)44-32-19-16-17-20-32)37(42)34(41)21-15-13-11-9-7-5-4-6-8-10-12-14-18-30-22-23-30/h24-26,29-30,32-33,37,40,42H,4-23,27-28H2,1-3H3/t29-,33+,37?,38+/m1/s1. The minimum atomic E-state index is -1.13. The molecule has 1 aliphatic heterocycles. The molecule has 1 heterocycles. The fourth-order valence-corrected chi connectivity index (χ4v) is 7.58. The zero-order valence-corrected chi connectivity index (χ0v) is 28.2. The Kier molecular flexibility index (Phi) is 14.3. The van der Waals surface area contributed by atoms with Crippen LogP contribution in [0.3, 0.4) is 0 Å². The molecule has 1 aromatic carbocycles. The van der Waals surface area contributed by atoms with Gasteiger partial charge in [-0.3, -0.25) is 9.69 Å². The molecule has 0 bridgehead atoms. The van der Waals surface area contributed by atoms with Crippen LogP contribution in [0.4, 0.5) is 0 Å². The molecule has 3 aliphatic rings. The minimum Gasteiger partial charge on any atom is -0.493 e. The van der Waals surface area contributed by atoms with Gasteiger partial charge >= 0.3 is 0 Å². The Morgan fingerprint density at radius 1 is 0.886 bits per heavy atom. The van der Waals surface area contributed by atoms with E-state index in [0.29, 0.717) is 25.3 Å². The normalized spacial score (nSPS) is 24.1. The second-order valence-electron chi connectivity index (χ2n) is 14.7. The number of aliphatic hydroxyl groups is 2. The van der Waals surface area contributed by atoms with Gasteiger partial charge in [-0.25, -0.2) is 0 Å². The maximum Gasteiger partial charge on any atom is 0.176 e. The molecule has 2 aliphatic carbocycles. The van der Waals surface area contributed by atoms with E-state index in [9.17, 15) is 15.0 Å². The van der Waals surface area contributed by atoms with Crippen molar-refractivity contribution in [2.75, 3.05) is 20.2 Å². The van der Waals surface area contributed by atoms with Crippen LogP contribution >= 0.6 is 0 Å². The molecule has 0 radical (unpaired) electrons. The van der Waals surface area contributed by atoms with Crippen molar-refractivity contribution in [1.29, 1.82) is 0 Å². The summed E-state index contributed by atoms with van der Waals surface area (Å²) in [4.78, 5) is 14.9. The third kappa shape index (κ3) is 10.5. The van der Waals surface area contributed by atoms with Crippen LogP contribution in [0.25, 0.3) is 0 Å². The SMILES string of the molecule is COc1ccc([C@@H]2CN(C(O)C(=O)CCCCCCCCCCCCCCC3CC3)C[C@@]2(C)[C@@H](C)O)cc1OC1CCCC1. The molecular weight excluding hydrogens is 550 g/mol. The molecular formula is C38H63NO5. The summed E-state index contributed by atoms with van der Waals surface area (Å²) < 4.78 is 12.0. The summed E-state index contributed by atoms with van der Waals surface area (Å²) in [6.07, 6.45) is 23.2. The molecule has 250 valence electrons. The third-order valence-corrected chi connectivity index (χ3v) is 11.0. The quantitative estimate of drug-likeness (QED) is 0.128. The second-order valence-corrected chi connectivity index (χ2v) is 14.7. The predicted molar refractivity (Wildman–Crippen MR) is 178 cm³/mol. The van der Waals surface area contributed by atoms with E-state index in [4.69, 9.17) is 9.47 Å². The average molecular weight is 614 g/mol. The van der Waals surface area contributed by atoms with E-state index >= 15 is 0 Å². The lowest BCUT2D eigenvalue weighted by molar-refractivity contribution is -0.136. The Bertz CT molecular complexity index is 987. The van der Waals surface area contributed by atoms with Crippen molar-refractivity contribution in [2.45, 2.75) is 167 Å². The lowest BCUT2D eigenvalue weighted by atomic mass is 9.72. The van der Waals surface area contributed by atoms with E-state index in [1.165, 1.54) is 96.3 Å². The lowest BCUT2D eigenvalue weighted by Gasteiger charge is -2.34. The number of likely N-dealkylation sites (tertiary alicyclic amines) is 1. The molecule has 2 N–H and O–H groups in total. The molecule has 1 saturated heterocycles. The highest BCUT2D eigenvalue weighted by Gasteiger charge is 2.49. The summed E-state index contributed by atoms with van der Waals surface area (Å²) in [5.74, 6) is 2.40. The zero-order valence-electron chi connectivity index (χ0n) is 28.2. The van der Waals surface area contributed by atoms with Crippen LogP contribution in [0.1, 0.15) is 154 Å². The number of Topliss-reactive ketones (excluding diaryl/α,β-unsaturated/α-hetero) is 1. The first-order chi connectivity index (χ1) is 21.3. The van der Waals surface area contributed by atoms with Gasteiger partial charge in [0.25, 0.3) is 0 Å². The molecule has 0 amide bonds. The average Bonchev–Trinajstić information content (AvgIpc) is 3.56. The molecule has 6 nitrogen and oxygen atoms in total. The fourth-order valence-electron chi connectivity index (χ4n) is 7.58. The Morgan fingerprint density at radius 3 is 2.05 bits per heavy atom. The summed E-state index contributed by atoms with van der Waals surface area (Å²) in [6, 6.07) is 6.04. The van der Waals surface area contributed by atoms with Crippen LogP contribution < -0.4 is 9.47 Å². The van der Waals surface area contributed by atoms with Gasteiger partial charge in [0, 0.05) is 30.8 Å². The van der Waals surface area contributed by atoms with Crippen LogP contribution in [-0.2, 0) is 4.79 Å². The molecule has 1 aromatic rings. The van der Waals surface area contributed by atoms with Crippen LogP contribution in [-0.4, -0.2) is 59.5 Å². The highest BCUT2D eigenvalue weighted by Crippen LogP contribution is 2.47. The summed E-state index contributed by atoms with van der Waals surface area (Å²) in [6.45, 7) is 4.87. The first-order valence-electron chi connectivity index (χ1n) is 18.3. The topological polar surface area (TPSA) is 79.2 Å². The molecule has 44 heavy (non-hydrogen) atoms. The van der Waals surface area contributed by atoms with Gasteiger partial charge in [0.1, 0.15) is 0 Å². The molecule has 0 aromatic heterocycles. The number of methoxy groups -OCH3 is 1. The predicted octanol–water partition coefficient (Wildman–Crippen LogP) is 8.56. The number of unbranched alkanes of at least 4 members (excludes halogenated alkanes) is 11. The molecule has 4 rings (SSSR count). The Balaban J connectivity index is 1.15. The summed E-state index contributed by atoms with van der Waals surface area (Å²) in [7, 11) is 1.66. The monoisotopic (exact) mass is 613 g/mol. The number of carbonyl (C=O) groups excluding carboxylic acids is 1. The lowest BCUT2D eigenvalue weighted by Crippen LogP contribution is -2.42. The van der Waals surface area contributed by atoms with E-state index < -0.39 is 17.7 Å². The number of aliphatic hydroxyl groups excluding tert-OH is 2. The maximum atomic E-state index is 13.0. The Labute approximate surface area is 268 Å². The van der Waals surface area contributed by atoms with Gasteiger partial charge in [-0.05, 0) is 62.6 Å². The van der Waals surface area contributed by atoms with Crippen molar-refractivity contribution in [3.05, 3.63) is 23.8 Å². The minimum absolute atomic E-state index is 0.0471. The van der Waals surface area contributed by atoms with Crippen LogP contribution in [0.5, 0.6) is 11.5 Å². The smallest absolute Gasteiger partial charge is 0.176 e. The Morgan fingerprint density at radius 2 is 1.48 bits per heavy atom. The number of ether oxygens (including phenoxy) is 2. The third-order valence-electron chi connectivity index (χ3n) is 11.0. The molecule has 4 atom stereocenters. The molecule has 1 unspecified atom stereocenters. The van der Waals surface area contributed by atoms with Gasteiger partial charge in [0.15, 0.2) is 23.5 Å². The highest BCUT2D eigenvalue weighted by molar-refractivity contribution is 5.82. The van der Waals surface area contributed by atoms with Crippen molar-refractivity contribution in [2.24, 2.45) is 11.3 Å². The van der Waals surface area contributed by atoms with E-state index in [-0.39, 0.29) is 17.8 Å². The number of hydrogen-bond donors (Lipinski definition) is 2. The van der Waals surface area contributed by atoms with Crippen molar-refractivity contribution in [3.63, 3.8) is 0 Å². The second kappa shape index (κ2) is 17.9. The van der Waals surface area contributed by atoms with Crippen molar-refractivity contribution in [1.82, 2.24) is 4.90 Å². The number of rotatable bonds is 22. The summed E-state index contributed by atoms with van der Waals surface area (Å²) in [5.41, 5.74) is 0.546. The van der Waals surface area contributed by atoms with Gasteiger partial charge in [0.2, 0.25) is 0 Å². The number of carbonyl (C=O) groups is 1. The number of nitrogens with zero attached hydrogens (tertiary/aromatic N) is 1. The zero-order chi connectivity index (χ0) is 31.4. The van der Waals surface area contributed by atoms with Crippen LogP contribution in [0.2, 0.25) is 0 Å². The van der Waals surface area contributed by atoms with Gasteiger partial charge in [-0.1, -0.05) is 103 Å². The van der Waals surface area contributed by atoms with E-state index in [2.05, 4.69) is 13.0 Å². The van der Waals surface area contributed by atoms with Crippen molar-refractivity contribution < 1.29 is 24.5 Å². The fraction of sp³-hybridized carbons (Fsp3) is 0.816. The van der Waals surface area contributed by atoms with Gasteiger partial charge in [0.05, 0.1) is 19.3 Å². The van der Waals surface area contributed by atoms with E-state index in [1.807, 2.05) is 24.0 Å². The van der Waals surface area contributed by atoms with Gasteiger partial charge in [-0.2, -0.15) is 0 Å². The molecule has 2 saturated carbocycles. The Hall–Kier alpha value is -1.63. The van der Waals surface area contributed by atoms with E-state index in [0.717, 1.165) is 42.9 Å². The number of hydrogen-bond acceptors (Lipinski definition) is 6. The summed E-state index contributed by atoms with van der Waals surface area (Å²) >= 11 is 0. The van der Waals surface area contributed by atoms with Crippen LogP contribution in [0, 0.1) is 11.3 Å². The molecule has 3 fully saturated rings. The number of benzene rings is 1. The first kappa shape index (κ1) is 35.2. The van der Waals surface area contributed by atoms with E-state index in [1.54, 1.807) is 7.11 Å².